The number of nitrogens with one attached hydrogen (secondary N) is 2. The zero-order chi connectivity index (χ0) is 45.5. The molecule has 9 rings (SSSR count). The first-order chi connectivity index (χ1) is 30.4. The Bertz CT molecular complexity index is 3120. The van der Waals surface area contributed by atoms with E-state index in [4.69, 9.17) is 11.6 Å². The first-order valence-electron chi connectivity index (χ1n) is 19.2. The average molecular weight is 934 g/mol. The normalized spacial score (nSPS) is 17.3. The summed E-state index contributed by atoms with van der Waals surface area (Å²) in [4.78, 5) is 38.2. The van der Waals surface area contributed by atoms with Crippen molar-refractivity contribution in [2.75, 3.05) is 11.0 Å². The molecule has 0 aliphatic heterocycles. The smallest absolute Gasteiger partial charge is 0.293 e. The summed E-state index contributed by atoms with van der Waals surface area (Å²) in [6.45, 7) is -2.18. The van der Waals surface area contributed by atoms with Crippen molar-refractivity contribution in [3.8, 4) is 16.9 Å². The molecule has 4 aromatic heterocycles. The Hall–Kier alpha value is -6.29. The summed E-state index contributed by atoms with van der Waals surface area (Å²) in [6, 6.07) is 11.2. The molecule has 0 spiro atoms. The molecule has 12 nitrogen and oxygen atoms in total. The molecule has 1 fully saturated rings. The standard InChI is InChI=1S/C41H29ClF9N9O3S/c1-64(63)57-38-32-24(42)7-9-28(34(32)58(56-38)15-29(46)47)60-39(54-37-21(40(60)62)6-8-26(53-37)20-4-2-3-5-25(20)45)27(12-17-10-18(43)13-19(44)11-17)52-30(61)16-59-35-31(33(55-59)36(48)49)22-14-23(22)41(35,50)51/h2-11,13,22-23,27,29,36H,12,14-16H2,1H3,(H,52,61)(H,56,57). The lowest BCUT2D eigenvalue weighted by molar-refractivity contribution is -0.123. The zero-order valence-corrected chi connectivity index (χ0v) is 34.2. The summed E-state index contributed by atoms with van der Waals surface area (Å²) in [7, 11) is -1.83. The monoisotopic (exact) mass is 933 g/mol. The molecule has 4 atom stereocenters. The van der Waals surface area contributed by atoms with E-state index in [1.807, 2.05) is 0 Å². The number of rotatable bonds is 13. The second-order valence-electron chi connectivity index (χ2n) is 15.2. The van der Waals surface area contributed by atoms with E-state index in [-0.39, 0.29) is 67.3 Å². The van der Waals surface area contributed by atoms with Crippen LogP contribution in [0.3, 0.4) is 0 Å². The molecular weight excluding hydrogens is 905 g/mol. The molecule has 3 aromatic carbocycles. The van der Waals surface area contributed by atoms with Gasteiger partial charge in [0, 0.05) is 35.8 Å². The van der Waals surface area contributed by atoms with Gasteiger partial charge in [-0.15, -0.1) is 0 Å². The number of hydrogen-bond donors (Lipinski definition) is 2. The van der Waals surface area contributed by atoms with Gasteiger partial charge in [0.05, 0.1) is 38.7 Å². The second-order valence-corrected chi connectivity index (χ2v) is 16.7. The topological polar surface area (TPSA) is 142 Å². The van der Waals surface area contributed by atoms with Gasteiger partial charge in [0.1, 0.15) is 58.7 Å². The van der Waals surface area contributed by atoms with Crippen molar-refractivity contribution in [2.24, 2.45) is 5.92 Å². The van der Waals surface area contributed by atoms with Crippen LogP contribution in [0.2, 0.25) is 5.02 Å². The minimum Gasteiger partial charge on any atom is -0.344 e. The summed E-state index contributed by atoms with van der Waals surface area (Å²) >= 11 is 6.60. The third kappa shape index (κ3) is 7.54. The lowest BCUT2D eigenvalue weighted by atomic mass is 10.0. The number of halogens is 10. The Morgan fingerprint density at radius 1 is 0.969 bits per heavy atom. The highest BCUT2D eigenvalue weighted by atomic mass is 35.5. The van der Waals surface area contributed by atoms with E-state index in [1.165, 1.54) is 48.7 Å². The summed E-state index contributed by atoms with van der Waals surface area (Å²) in [6.07, 6.45) is -5.75. The third-order valence-corrected chi connectivity index (χ3v) is 11.8. The van der Waals surface area contributed by atoms with Crippen LogP contribution in [0.25, 0.3) is 38.9 Å². The summed E-state index contributed by atoms with van der Waals surface area (Å²) in [5.41, 5.74) is -4.13. The number of anilines is 1. The zero-order valence-electron chi connectivity index (χ0n) is 32.6. The SMILES string of the molecule is CS(=O)Nc1nn(CC(F)F)c2c(-n3c(C(Cc4cc(F)cc(F)c4)NC(=O)Cn4nc(C(F)F)c5c4C(F)(F)C4CC54)nc4nc(-c5ccccc5F)ccc4c3=O)ccc(Cl)c12. The van der Waals surface area contributed by atoms with E-state index in [2.05, 4.69) is 30.2 Å². The molecule has 4 heterocycles. The maximum absolute atomic E-state index is 15.5. The van der Waals surface area contributed by atoms with Crippen LogP contribution in [0.4, 0.5) is 45.3 Å². The van der Waals surface area contributed by atoms with Gasteiger partial charge in [-0.25, -0.2) is 44.9 Å². The number of hydrogen-bond acceptors (Lipinski definition) is 7. The van der Waals surface area contributed by atoms with E-state index in [0.717, 1.165) is 27.4 Å². The minimum absolute atomic E-state index is 0.00923. The molecule has 2 aliphatic rings. The van der Waals surface area contributed by atoms with E-state index in [9.17, 15) is 40.1 Å². The Labute approximate surface area is 361 Å². The van der Waals surface area contributed by atoms with Gasteiger partial charge in [-0.1, -0.05) is 23.7 Å². The van der Waals surface area contributed by atoms with Crippen molar-refractivity contribution in [3.05, 3.63) is 128 Å². The van der Waals surface area contributed by atoms with Crippen LogP contribution in [0.15, 0.2) is 71.5 Å². The van der Waals surface area contributed by atoms with Gasteiger partial charge in [-0.05, 0) is 66.4 Å². The fourth-order valence-corrected chi connectivity index (χ4v) is 9.06. The van der Waals surface area contributed by atoms with Crippen LogP contribution >= 0.6 is 11.6 Å². The highest BCUT2D eigenvalue weighted by molar-refractivity contribution is 7.85. The predicted molar refractivity (Wildman–Crippen MR) is 215 cm³/mol. The summed E-state index contributed by atoms with van der Waals surface area (Å²) < 4.78 is 149. The van der Waals surface area contributed by atoms with Crippen LogP contribution < -0.4 is 15.6 Å². The first-order valence-corrected chi connectivity index (χ1v) is 21.1. The third-order valence-electron chi connectivity index (χ3n) is 11.0. The number of nitrogens with zero attached hydrogens (tertiary/aromatic N) is 7. The van der Waals surface area contributed by atoms with Crippen LogP contribution in [-0.2, 0) is 41.2 Å². The van der Waals surface area contributed by atoms with Crippen LogP contribution in [-0.4, -0.2) is 56.9 Å². The molecular formula is C41H29ClF9N9O3S. The van der Waals surface area contributed by atoms with Crippen molar-refractivity contribution >= 4 is 56.2 Å². The van der Waals surface area contributed by atoms with Gasteiger partial charge in [0.2, 0.25) is 5.91 Å². The van der Waals surface area contributed by atoms with Gasteiger partial charge < -0.3 is 5.32 Å². The molecule has 23 heteroatoms. The van der Waals surface area contributed by atoms with E-state index >= 15 is 13.2 Å². The molecule has 1 saturated carbocycles. The van der Waals surface area contributed by atoms with Gasteiger partial charge in [-0.2, -0.15) is 19.0 Å². The number of fused-ring (bicyclic) bond motifs is 5. The van der Waals surface area contributed by atoms with Crippen LogP contribution in [0, 0.1) is 23.4 Å². The Morgan fingerprint density at radius 2 is 1.70 bits per heavy atom. The molecule has 7 aromatic rings. The molecule has 332 valence electrons. The number of amides is 1. The summed E-state index contributed by atoms with van der Waals surface area (Å²) in [5, 5.41) is 9.97. The number of carbonyl (C=O) groups excluding carboxylic acids is 1. The minimum atomic E-state index is -3.61. The second kappa shape index (κ2) is 16.1. The average Bonchev–Trinajstić information content (AvgIpc) is 3.74. The molecule has 2 N–H and O–H groups in total. The molecule has 0 radical (unpaired) electrons. The number of aromatic nitrogens is 7. The Kier molecular flexibility index (Phi) is 10.8. The quantitative estimate of drug-likeness (QED) is 0.111. The number of pyridine rings is 1. The van der Waals surface area contributed by atoms with Crippen molar-refractivity contribution in [2.45, 2.75) is 56.7 Å². The maximum atomic E-state index is 15.5. The fourth-order valence-electron chi connectivity index (χ4n) is 8.41. The van der Waals surface area contributed by atoms with Gasteiger partial charge in [-0.3, -0.25) is 28.2 Å². The Morgan fingerprint density at radius 3 is 2.39 bits per heavy atom. The van der Waals surface area contributed by atoms with Crippen molar-refractivity contribution in [1.82, 2.24) is 39.4 Å². The van der Waals surface area contributed by atoms with E-state index in [1.54, 1.807) is 0 Å². The van der Waals surface area contributed by atoms with Crippen LogP contribution in [0.5, 0.6) is 0 Å². The van der Waals surface area contributed by atoms with Crippen molar-refractivity contribution in [3.63, 3.8) is 0 Å². The maximum Gasteiger partial charge on any atom is 0.293 e. The molecule has 1 amide bonds. The largest absolute Gasteiger partial charge is 0.344 e. The number of alkyl halides is 6. The lowest BCUT2D eigenvalue weighted by Gasteiger charge is -2.24. The molecule has 2 aliphatic carbocycles. The van der Waals surface area contributed by atoms with Gasteiger partial charge in [0.15, 0.2) is 11.5 Å². The highest BCUT2D eigenvalue weighted by Gasteiger charge is 2.67. The number of carbonyl (C=O) groups is 1. The molecule has 0 saturated heterocycles. The van der Waals surface area contributed by atoms with Crippen molar-refractivity contribution in [1.29, 1.82) is 0 Å². The number of benzene rings is 3. The van der Waals surface area contributed by atoms with Gasteiger partial charge >= 0.3 is 0 Å². The van der Waals surface area contributed by atoms with E-state index < -0.39 is 113 Å². The van der Waals surface area contributed by atoms with Gasteiger partial charge in [0.25, 0.3) is 24.3 Å². The van der Waals surface area contributed by atoms with Crippen LogP contribution in [0.1, 0.15) is 53.1 Å². The summed E-state index contributed by atoms with van der Waals surface area (Å²) in [5.74, 6) is -10.5. The fraction of sp³-hybridized carbons (Fsp3) is 0.268. The molecule has 4 unspecified atom stereocenters. The first kappa shape index (κ1) is 43.0. The highest BCUT2D eigenvalue weighted by Crippen LogP contribution is 2.68. The lowest BCUT2D eigenvalue weighted by Crippen LogP contribution is -2.38. The Balaban J connectivity index is 1.28. The van der Waals surface area contributed by atoms with Crippen molar-refractivity contribution < 1.29 is 48.5 Å². The molecule has 0 bridgehead atoms. The predicted octanol–water partition coefficient (Wildman–Crippen LogP) is 8.28. The molecule has 64 heavy (non-hydrogen) atoms. The van der Waals surface area contributed by atoms with E-state index in [0.29, 0.717) is 10.7 Å².